The molecule has 2 rings (SSSR count). The fourth-order valence-corrected chi connectivity index (χ4v) is 2.73. The highest BCUT2D eigenvalue weighted by Crippen LogP contribution is 2.29. The highest BCUT2D eigenvalue weighted by molar-refractivity contribution is 14.0. The lowest BCUT2D eigenvalue weighted by Crippen LogP contribution is -2.36. The Morgan fingerprint density at radius 2 is 1.96 bits per heavy atom. The van der Waals surface area contributed by atoms with Gasteiger partial charge in [-0.2, -0.15) is 13.2 Å². The largest absolute Gasteiger partial charge is 0.488 e. The van der Waals surface area contributed by atoms with Crippen LogP contribution in [0.4, 0.5) is 22.0 Å². The lowest BCUT2D eigenvalue weighted by molar-refractivity contribution is -0.140. The first-order valence-electron chi connectivity index (χ1n) is 7.74. The Balaban J connectivity index is 0.00000392. The molecule has 0 aliphatic carbocycles. The van der Waals surface area contributed by atoms with Gasteiger partial charge in [-0.3, -0.25) is 4.99 Å². The van der Waals surface area contributed by atoms with Gasteiger partial charge in [-0.15, -0.1) is 35.3 Å². The van der Waals surface area contributed by atoms with E-state index in [9.17, 15) is 22.0 Å². The molecule has 0 atom stereocenters. The van der Waals surface area contributed by atoms with E-state index in [-0.39, 0.29) is 35.5 Å². The molecular weight excluding hydrogens is 518 g/mol. The SMILES string of the molecule is CN=C(NCc1cccc(OCC(F)F)c1)NCc1nc(C(F)(F)F)cs1.I. The molecular formula is C16H18F5IN4OS. The third-order valence-corrected chi connectivity index (χ3v) is 4.06. The first-order chi connectivity index (χ1) is 12.8. The smallest absolute Gasteiger partial charge is 0.434 e. The van der Waals surface area contributed by atoms with Gasteiger partial charge in [0.15, 0.2) is 11.7 Å². The fraction of sp³-hybridized carbons (Fsp3) is 0.375. The van der Waals surface area contributed by atoms with Crippen LogP contribution in [0, 0.1) is 0 Å². The minimum absolute atomic E-state index is 0. The first kappa shape index (κ1) is 24.3. The summed E-state index contributed by atoms with van der Waals surface area (Å²) >= 11 is 0.899. The Labute approximate surface area is 179 Å². The maximum Gasteiger partial charge on any atom is 0.434 e. The lowest BCUT2D eigenvalue weighted by atomic mass is 10.2. The van der Waals surface area contributed by atoms with Crippen LogP contribution in [0.25, 0.3) is 0 Å². The molecule has 0 spiro atoms. The number of ether oxygens (including phenoxy) is 1. The molecule has 0 aliphatic heterocycles. The predicted octanol–water partition coefficient (Wildman–Crippen LogP) is 4.29. The molecule has 0 amide bonds. The van der Waals surface area contributed by atoms with E-state index in [1.165, 1.54) is 7.05 Å². The van der Waals surface area contributed by atoms with Gasteiger partial charge in [0.05, 0.1) is 6.54 Å². The minimum atomic E-state index is -4.47. The number of alkyl halides is 5. The summed E-state index contributed by atoms with van der Waals surface area (Å²) in [6.45, 7) is -0.289. The third-order valence-electron chi connectivity index (χ3n) is 3.21. The van der Waals surface area contributed by atoms with Crippen molar-refractivity contribution in [2.45, 2.75) is 25.7 Å². The number of hydrogen-bond donors (Lipinski definition) is 2. The Morgan fingerprint density at radius 1 is 1.25 bits per heavy atom. The fourth-order valence-electron chi connectivity index (χ4n) is 1.99. The summed E-state index contributed by atoms with van der Waals surface area (Å²) in [6, 6.07) is 6.62. The number of rotatable bonds is 7. The quantitative estimate of drug-likeness (QED) is 0.240. The van der Waals surface area contributed by atoms with E-state index in [1.54, 1.807) is 24.3 Å². The molecule has 0 saturated heterocycles. The van der Waals surface area contributed by atoms with Gasteiger partial charge >= 0.3 is 6.18 Å². The van der Waals surface area contributed by atoms with Crippen LogP contribution in [0.1, 0.15) is 16.3 Å². The lowest BCUT2D eigenvalue weighted by Gasteiger charge is -2.12. The Hall–Kier alpha value is -1.70. The molecule has 0 aliphatic rings. The van der Waals surface area contributed by atoms with Crippen molar-refractivity contribution < 1.29 is 26.7 Å². The van der Waals surface area contributed by atoms with Gasteiger partial charge in [-0.05, 0) is 17.7 Å². The Bertz CT molecular complexity index is 769. The van der Waals surface area contributed by atoms with Gasteiger partial charge < -0.3 is 15.4 Å². The molecule has 1 aromatic carbocycles. The molecule has 0 saturated carbocycles. The predicted molar refractivity (Wildman–Crippen MR) is 108 cm³/mol. The van der Waals surface area contributed by atoms with Crippen LogP contribution in [0.3, 0.4) is 0 Å². The number of guanidine groups is 1. The number of nitrogens with zero attached hydrogens (tertiary/aromatic N) is 2. The van der Waals surface area contributed by atoms with E-state index in [0.29, 0.717) is 18.3 Å². The van der Waals surface area contributed by atoms with E-state index in [2.05, 4.69) is 20.6 Å². The van der Waals surface area contributed by atoms with Crippen molar-refractivity contribution in [1.82, 2.24) is 15.6 Å². The molecule has 1 heterocycles. The summed E-state index contributed by atoms with van der Waals surface area (Å²) in [6.07, 6.45) is -7.02. The number of halogens is 6. The van der Waals surface area contributed by atoms with Crippen molar-refractivity contribution in [3.8, 4) is 5.75 Å². The molecule has 28 heavy (non-hydrogen) atoms. The standard InChI is InChI=1S/C16H17F5N4OS.HI/c1-22-15(24-7-14-25-12(9-27-14)16(19,20)21)23-6-10-3-2-4-11(5-10)26-8-13(17)18;/h2-5,9,13H,6-8H2,1H3,(H2,22,23,24);1H. The van der Waals surface area contributed by atoms with Crippen LogP contribution >= 0.6 is 35.3 Å². The van der Waals surface area contributed by atoms with Crippen molar-refractivity contribution in [2.24, 2.45) is 4.99 Å². The highest BCUT2D eigenvalue weighted by atomic mass is 127. The number of benzene rings is 1. The van der Waals surface area contributed by atoms with Crippen molar-refractivity contribution in [2.75, 3.05) is 13.7 Å². The van der Waals surface area contributed by atoms with Crippen molar-refractivity contribution >= 4 is 41.3 Å². The average molecular weight is 536 g/mol. The molecule has 0 radical (unpaired) electrons. The first-order valence-corrected chi connectivity index (χ1v) is 8.62. The van der Waals surface area contributed by atoms with Crippen LogP contribution < -0.4 is 15.4 Å². The second-order valence-electron chi connectivity index (χ2n) is 5.25. The second-order valence-corrected chi connectivity index (χ2v) is 6.20. The summed E-state index contributed by atoms with van der Waals surface area (Å²) in [4.78, 5) is 7.50. The van der Waals surface area contributed by atoms with Gasteiger partial charge in [-0.25, -0.2) is 13.8 Å². The van der Waals surface area contributed by atoms with Gasteiger partial charge in [0.1, 0.15) is 17.4 Å². The molecule has 12 heteroatoms. The molecule has 0 fully saturated rings. The number of aromatic nitrogens is 1. The van der Waals surface area contributed by atoms with Gasteiger partial charge in [0.2, 0.25) is 0 Å². The normalized spacial score (nSPS) is 11.9. The zero-order valence-electron chi connectivity index (χ0n) is 14.6. The third kappa shape index (κ3) is 8.12. The molecule has 2 aromatic rings. The van der Waals surface area contributed by atoms with Gasteiger partial charge in [0.25, 0.3) is 6.43 Å². The zero-order chi connectivity index (χ0) is 19.9. The summed E-state index contributed by atoms with van der Waals surface area (Å²) in [7, 11) is 1.51. The van der Waals surface area contributed by atoms with Crippen LogP contribution in [0.2, 0.25) is 0 Å². The van der Waals surface area contributed by atoms with Crippen LogP contribution in [-0.2, 0) is 19.3 Å². The number of hydrogen-bond acceptors (Lipinski definition) is 4. The summed E-state index contributed by atoms with van der Waals surface area (Å²) in [5.41, 5.74) is -0.161. The van der Waals surface area contributed by atoms with E-state index in [0.717, 1.165) is 22.3 Å². The molecule has 2 N–H and O–H groups in total. The van der Waals surface area contributed by atoms with Crippen molar-refractivity contribution in [3.05, 3.63) is 45.9 Å². The minimum Gasteiger partial charge on any atom is -0.488 e. The molecule has 156 valence electrons. The van der Waals surface area contributed by atoms with Crippen LogP contribution in [-0.4, -0.2) is 31.0 Å². The van der Waals surface area contributed by atoms with E-state index in [1.807, 2.05) is 0 Å². The summed E-state index contributed by atoms with van der Waals surface area (Å²) in [5, 5.41) is 7.07. The maximum atomic E-state index is 12.5. The molecule has 5 nitrogen and oxygen atoms in total. The van der Waals surface area contributed by atoms with Crippen molar-refractivity contribution in [1.29, 1.82) is 0 Å². The van der Waals surface area contributed by atoms with Crippen LogP contribution in [0.5, 0.6) is 5.75 Å². The zero-order valence-corrected chi connectivity index (χ0v) is 17.7. The maximum absolute atomic E-state index is 12.5. The van der Waals surface area contributed by atoms with Gasteiger partial charge in [-0.1, -0.05) is 12.1 Å². The van der Waals surface area contributed by atoms with Crippen molar-refractivity contribution in [3.63, 3.8) is 0 Å². The monoisotopic (exact) mass is 536 g/mol. The number of aliphatic imine (C=N–C) groups is 1. The second kappa shape index (κ2) is 11.3. The summed E-state index contributed by atoms with van der Waals surface area (Å²) < 4.78 is 66.9. The summed E-state index contributed by atoms with van der Waals surface area (Å²) in [5.74, 6) is 0.678. The Morgan fingerprint density at radius 3 is 2.57 bits per heavy atom. The van der Waals surface area contributed by atoms with Gasteiger partial charge in [0, 0.05) is 19.0 Å². The molecule has 0 unspecified atom stereocenters. The van der Waals surface area contributed by atoms with E-state index >= 15 is 0 Å². The van der Waals surface area contributed by atoms with E-state index < -0.39 is 24.9 Å². The molecule has 1 aromatic heterocycles. The Kier molecular flexibility index (Phi) is 9.85. The number of thiazole rings is 1. The molecule has 0 bridgehead atoms. The highest BCUT2D eigenvalue weighted by Gasteiger charge is 2.33. The average Bonchev–Trinajstić information content (AvgIpc) is 3.10. The number of nitrogens with one attached hydrogen (secondary N) is 2. The topological polar surface area (TPSA) is 58.5 Å². The van der Waals surface area contributed by atoms with E-state index in [4.69, 9.17) is 4.74 Å². The van der Waals surface area contributed by atoms with Crippen LogP contribution in [0.15, 0.2) is 34.6 Å².